The normalized spacial score (nSPS) is 25.6. The molecule has 1 heterocycles. The Hall–Kier alpha value is -1.00. The Kier molecular flexibility index (Phi) is 4.27. The minimum atomic E-state index is -0.375. The zero-order chi connectivity index (χ0) is 14.9. The van der Waals surface area contributed by atoms with Gasteiger partial charge < -0.3 is 10.1 Å². The largest absolute Gasteiger partial charge is 0.375 e. The van der Waals surface area contributed by atoms with Crippen molar-refractivity contribution in [2.75, 3.05) is 13.2 Å². The zero-order valence-electron chi connectivity index (χ0n) is 12.5. The van der Waals surface area contributed by atoms with E-state index in [4.69, 9.17) is 4.74 Å². The molecule has 4 heteroatoms. The van der Waals surface area contributed by atoms with E-state index in [0.717, 1.165) is 38.8 Å². The molecule has 0 bridgehead atoms. The molecule has 1 aliphatic carbocycles. The number of nitrogens with one attached hydrogen (secondary N) is 1. The fraction of sp³-hybridized carbons (Fsp3) is 0.647. The summed E-state index contributed by atoms with van der Waals surface area (Å²) in [7, 11) is 0. The first-order valence-corrected chi connectivity index (χ1v) is 7.96. The fourth-order valence-electron chi connectivity index (χ4n) is 3.77. The van der Waals surface area contributed by atoms with Crippen molar-refractivity contribution in [2.45, 2.75) is 50.7 Å². The Morgan fingerprint density at radius 3 is 2.86 bits per heavy atom. The Morgan fingerprint density at radius 1 is 1.38 bits per heavy atom. The molecule has 1 aromatic carbocycles. The third-order valence-electron chi connectivity index (χ3n) is 4.98. The van der Waals surface area contributed by atoms with Gasteiger partial charge in [0.25, 0.3) is 0 Å². The zero-order valence-corrected chi connectivity index (χ0v) is 12.5. The monoisotopic (exact) mass is 295 g/mol. The lowest BCUT2D eigenvalue weighted by Crippen LogP contribution is -2.48. The van der Waals surface area contributed by atoms with Crippen LogP contribution in [0.1, 0.15) is 50.6 Å². The first-order chi connectivity index (χ1) is 10.1. The standard InChI is InChI=1S/C17H23F2NO/c1-2-20-16(14-10-13(18)4-5-15(14)19)12-6-9-21-17(11-12)7-3-8-17/h4-5,10,12,16,20H,2-3,6-9,11H2,1H3. The Bertz CT molecular complexity index is 502. The third kappa shape index (κ3) is 2.97. The van der Waals surface area contributed by atoms with Crippen LogP contribution in [0.15, 0.2) is 18.2 Å². The van der Waals surface area contributed by atoms with E-state index in [2.05, 4.69) is 5.32 Å². The number of hydrogen-bond acceptors (Lipinski definition) is 2. The number of rotatable bonds is 4. The predicted octanol–water partition coefficient (Wildman–Crippen LogP) is 3.96. The van der Waals surface area contributed by atoms with Crippen molar-refractivity contribution in [1.82, 2.24) is 5.32 Å². The quantitative estimate of drug-likeness (QED) is 0.907. The molecule has 2 aliphatic rings. The van der Waals surface area contributed by atoms with Crippen LogP contribution in [0.3, 0.4) is 0 Å². The van der Waals surface area contributed by atoms with Crippen molar-refractivity contribution in [3.63, 3.8) is 0 Å². The van der Waals surface area contributed by atoms with E-state index in [1.54, 1.807) is 0 Å². The van der Waals surface area contributed by atoms with E-state index in [1.807, 2.05) is 6.92 Å². The van der Waals surface area contributed by atoms with E-state index in [0.29, 0.717) is 11.5 Å². The summed E-state index contributed by atoms with van der Waals surface area (Å²) in [5, 5.41) is 3.36. The van der Waals surface area contributed by atoms with E-state index in [-0.39, 0.29) is 23.3 Å². The van der Waals surface area contributed by atoms with Gasteiger partial charge in [0.1, 0.15) is 11.6 Å². The van der Waals surface area contributed by atoms with Gasteiger partial charge in [-0.1, -0.05) is 6.92 Å². The summed E-state index contributed by atoms with van der Waals surface area (Å²) in [6, 6.07) is 3.62. The summed E-state index contributed by atoms with van der Waals surface area (Å²) in [6.45, 7) is 3.47. The van der Waals surface area contributed by atoms with Crippen molar-refractivity contribution >= 4 is 0 Å². The summed E-state index contributed by atoms with van der Waals surface area (Å²) in [5.74, 6) is -0.397. The summed E-state index contributed by atoms with van der Waals surface area (Å²) in [4.78, 5) is 0. The van der Waals surface area contributed by atoms with Gasteiger partial charge in [0.15, 0.2) is 0 Å². The van der Waals surface area contributed by atoms with Crippen LogP contribution in [0.4, 0.5) is 8.78 Å². The van der Waals surface area contributed by atoms with Gasteiger partial charge in [0.05, 0.1) is 5.60 Å². The lowest BCUT2D eigenvalue weighted by Gasteiger charge is -2.49. The molecule has 2 nitrogen and oxygen atoms in total. The molecule has 2 fully saturated rings. The van der Waals surface area contributed by atoms with E-state index in [1.165, 1.54) is 24.6 Å². The highest BCUT2D eigenvalue weighted by Gasteiger charge is 2.44. The van der Waals surface area contributed by atoms with Crippen molar-refractivity contribution in [1.29, 1.82) is 0 Å². The highest BCUT2D eigenvalue weighted by atomic mass is 19.1. The van der Waals surface area contributed by atoms with Gasteiger partial charge in [-0.05, 0) is 62.8 Å². The molecule has 1 saturated heterocycles. The lowest BCUT2D eigenvalue weighted by atomic mass is 9.69. The third-order valence-corrected chi connectivity index (χ3v) is 4.98. The van der Waals surface area contributed by atoms with Crippen LogP contribution in [0.2, 0.25) is 0 Å². The lowest BCUT2D eigenvalue weighted by molar-refractivity contribution is -0.147. The maximum atomic E-state index is 14.1. The van der Waals surface area contributed by atoms with E-state index >= 15 is 0 Å². The second kappa shape index (κ2) is 6.01. The number of ether oxygens (including phenoxy) is 1. The predicted molar refractivity (Wildman–Crippen MR) is 78.0 cm³/mol. The molecule has 0 aromatic heterocycles. The molecule has 2 atom stereocenters. The summed E-state index contributed by atoms with van der Waals surface area (Å²) >= 11 is 0. The van der Waals surface area contributed by atoms with Crippen LogP contribution in [0.5, 0.6) is 0 Å². The van der Waals surface area contributed by atoms with Crippen molar-refractivity contribution in [2.24, 2.45) is 5.92 Å². The van der Waals surface area contributed by atoms with Crippen LogP contribution < -0.4 is 5.32 Å². The fourth-order valence-corrected chi connectivity index (χ4v) is 3.77. The molecule has 1 aromatic rings. The van der Waals surface area contributed by atoms with Crippen LogP contribution >= 0.6 is 0 Å². The number of halogens is 2. The second-order valence-corrected chi connectivity index (χ2v) is 6.34. The van der Waals surface area contributed by atoms with E-state index in [9.17, 15) is 8.78 Å². The smallest absolute Gasteiger partial charge is 0.128 e. The summed E-state index contributed by atoms with van der Waals surface area (Å²) < 4.78 is 33.6. The molecule has 2 unspecified atom stereocenters. The van der Waals surface area contributed by atoms with Gasteiger partial charge in [0, 0.05) is 18.2 Å². The van der Waals surface area contributed by atoms with Crippen LogP contribution in [-0.4, -0.2) is 18.8 Å². The number of hydrogen-bond donors (Lipinski definition) is 1. The molecule has 0 radical (unpaired) electrons. The molecule has 1 N–H and O–H groups in total. The minimum Gasteiger partial charge on any atom is -0.375 e. The van der Waals surface area contributed by atoms with Gasteiger partial charge in [0.2, 0.25) is 0 Å². The van der Waals surface area contributed by atoms with Gasteiger partial charge in [-0.15, -0.1) is 0 Å². The van der Waals surface area contributed by atoms with Crippen LogP contribution in [-0.2, 0) is 4.74 Å². The van der Waals surface area contributed by atoms with Gasteiger partial charge >= 0.3 is 0 Å². The van der Waals surface area contributed by atoms with Crippen molar-refractivity contribution in [3.05, 3.63) is 35.4 Å². The molecule has 3 rings (SSSR count). The summed E-state index contributed by atoms with van der Waals surface area (Å²) in [6.07, 6.45) is 5.27. The first-order valence-electron chi connectivity index (χ1n) is 7.96. The Labute approximate surface area is 124 Å². The van der Waals surface area contributed by atoms with Gasteiger partial charge in [-0.25, -0.2) is 8.78 Å². The second-order valence-electron chi connectivity index (χ2n) is 6.34. The van der Waals surface area contributed by atoms with Crippen LogP contribution in [0.25, 0.3) is 0 Å². The average Bonchev–Trinajstić information content (AvgIpc) is 2.46. The van der Waals surface area contributed by atoms with Gasteiger partial charge in [-0.2, -0.15) is 0 Å². The summed E-state index contributed by atoms with van der Waals surface area (Å²) in [5.41, 5.74) is 0.471. The van der Waals surface area contributed by atoms with E-state index < -0.39 is 0 Å². The molecule has 1 spiro atoms. The minimum absolute atomic E-state index is 0.0143. The highest BCUT2D eigenvalue weighted by Crippen LogP contribution is 2.47. The maximum Gasteiger partial charge on any atom is 0.128 e. The Balaban J connectivity index is 1.84. The van der Waals surface area contributed by atoms with Gasteiger partial charge in [-0.3, -0.25) is 0 Å². The molecule has 0 amide bonds. The van der Waals surface area contributed by atoms with Crippen molar-refractivity contribution < 1.29 is 13.5 Å². The molecule has 1 saturated carbocycles. The molecule has 1 aliphatic heterocycles. The Morgan fingerprint density at radius 2 is 2.19 bits per heavy atom. The molecule has 116 valence electrons. The number of benzene rings is 1. The van der Waals surface area contributed by atoms with Crippen molar-refractivity contribution in [3.8, 4) is 0 Å². The highest BCUT2D eigenvalue weighted by molar-refractivity contribution is 5.23. The topological polar surface area (TPSA) is 21.3 Å². The molecule has 21 heavy (non-hydrogen) atoms. The SMILES string of the molecule is CCNC(c1cc(F)ccc1F)C1CCOC2(CCC2)C1. The maximum absolute atomic E-state index is 14.1. The first kappa shape index (κ1) is 14.9. The van der Waals surface area contributed by atoms with Crippen LogP contribution in [0, 0.1) is 17.6 Å². The molecular weight excluding hydrogens is 272 g/mol. The average molecular weight is 295 g/mol. The molecular formula is C17H23F2NO.